The predicted molar refractivity (Wildman–Crippen MR) is 68.1 cm³/mol. The molecule has 1 nitrogen and oxygen atoms in total. The van der Waals surface area contributed by atoms with E-state index in [4.69, 9.17) is 23.2 Å². The Labute approximate surface area is 110 Å². The van der Waals surface area contributed by atoms with Crippen molar-refractivity contribution in [1.29, 1.82) is 0 Å². The number of hydrogen-bond donors (Lipinski definition) is 1. The number of halogens is 4. The largest absolute Gasteiger partial charge is 0.306 e. The van der Waals surface area contributed by atoms with Gasteiger partial charge in [-0.25, -0.2) is 0 Å². The van der Waals surface area contributed by atoms with Gasteiger partial charge < -0.3 is 5.32 Å². The third-order valence-corrected chi connectivity index (χ3v) is 2.71. The highest BCUT2D eigenvalue weighted by Crippen LogP contribution is 2.34. The first-order valence-corrected chi connectivity index (χ1v) is 5.96. The fourth-order valence-electron chi connectivity index (χ4n) is 1.26. The van der Waals surface area contributed by atoms with Gasteiger partial charge in [0.25, 0.3) is 5.92 Å². The van der Waals surface area contributed by atoms with Crippen molar-refractivity contribution in [2.24, 2.45) is 0 Å². The quantitative estimate of drug-likeness (QED) is 0.862. The van der Waals surface area contributed by atoms with Crippen LogP contribution >= 0.6 is 23.2 Å². The number of rotatable bonds is 3. The minimum absolute atomic E-state index is 0.0155. The maximum absolute atomic E-state index is 13.9. The molecule has 0 fully saturated rings. The average molecular weight is 282 g/mol. The molecule has 0 radical (unpaired) electrons. The molecule has 0 atom stereocenters. The zero-order valence-electron chi connectivity index (χ0n) is 9.95. The van der Waals surface area contributed by atoms with E-state index < -0.39 is 12.5 Å². The molecular formula is C12H15Cl2F2N. The molecule has 1 rings (SSSR count). The van der Waals surface area contributed by atoms with E-state index in [1.54, 1.807) is 0 Å². The van der Waals surface area contributed by atoms with Gasteiger partial charge in [-0.15, -0.1) is 0 Å². The van der Waals surface area contributed by atoms with Gasteiger partial charge in [-0.3, -0.25) is 0 Å². The van der Waals surface area contributed by atoms with E-state index in [9.17, 15) is 8.78 Å². The molecule has 0 saturated carbocycles. The van der Waals surface area contributed by atoms with Gasteiger partial charge in [0.2, 0.25) is 0 Å². The molecule has 0 bridgehead atoms. The maximum Gasteiger partial charge on any atom is 0.286 e. The van der Waals surface area contributed by atoms with Gasteiger partial charge in [0, 0.05) is 16.1 Å². The topological polar surface area (TPSA) is 12.0 Å². The molecule has 0 amide bonds. The van der Waals surface area contributed by atoms with Crippen LogP contribution < -0.4 is 5.32 Å². The molecule has 17 heavy (non-hydrogen) atoms. The Morgan fingerprint density at radius 3 is 2.24 bits per heavy atom. The lowest BCUT2D eigenvalue weighted by molar-refractivity contribution is -0.00849. The van der Waals surface area contributed by atoms with Crippen LogP contribution in [0.3, 0.4) is 0 Å². The Morgan fingerprint density at radius 1 is 1.18 bits per heavy atom. The molecule has 0 aliphatic heterocycles. The van der Waals surface area contributed by atoms with Crippen LogP contribution in [-0.2, 0) is 5.92 Å². The summed E-state index contributed by atoms with van der Waals surface area (Å²) < 4.78 is 27.8. The first kappa shape index (κ1) is 14.7. The van der Waals surface area contributed by atoms with E-state index in [0.717, 1.165) is 0 Å². The molecule has 5 heteroatoms. The SMILES string of the molecule is CC(C)(C)NCC(F)(F)c1ccc(Cl)cc1Cl. The van der Waals surface area contributed by atoms with Crippen LogP contribution in [0.4, 0.5) is 8.78 Å². The molecule has 1 aromatic rings. The van der Waals surface area contributed by atoms with Gasteiger partial charge in [-0.1, -0.05) is 29.3 Å². The van der Waals surface area contributed by atoms with Crippen molar-refractivity contribution >= 4 is 23.2 Å². The Balaban J connectivity index is 2.89. The molecule has 96 valence electrons. The summed E-state index contributed by atoms with van der Waals surface area (Å²) >= 11 is 11.4. The second-order valence-corrected chi connectivity index (χ2v) is 5.78. The lowest BCUT2D eigenvalue weighted by atomic mass is 10.1. The van der Waals surface area contributed by atoms with Crippen LogP contribution in [-0.4, -0.2) is 12.1 Å². The third kappa shape index (κ3) is 4.41. The molecule has 0 heterocycles. The summed E-state index contributed by atoms with van der Waals surface area (Å²) in [6, 6.07) is 3.99. The summed E-state index contributed by atoms with van der Waals surface area (Å²) in [4.78, 5) is 0. The van der Waals surface area contributed by atoms with Gasteiger partial charge in [0.05, 0.1) is 11.6 Å². The van der Waals surface area contributed by atoms with Crippen LogP contribution in [0.2, 0.25) is 10.0 Å². The standard InChI is InChI=1S/C12H15Cl2F2N/c1-11(2,3)17-7-12(15,16)9-5-4-8(13)6-10(9)14/h4-6,17H,7H2,1-3H3. The average Bonchev–Trinajstić information content (AvgIpc) is 2.13. The molecule has 1 aromatic carbocycles. The lowest BCUT2D eigenvalue weighted by Gasteiger charge is -2.25. The zero-order chi connectivity index (χ0) is 13.3. The summed E-state index contributed by atoms with van der Waals surface area (Å²) in [5.41, 5.74) is -0.581. The second-order valence-electron chi connectivity index (χ2n) is 4.93. The lowest BCUT2D eigenvalue weighted by Crippen LogP contribution is -2.42. The Bertz CT molecular complexity index is 400. The first-order valence-electron chi connectivity index (χ1n) is 5.20. The van der Waals surface area contributed by atoms with Gasteiger partial charge in [-0.05, 0) is 32.9 Å². The minimum Gasteiger partial charge on any atom is -0.306 e. The summed E-state index contributed by atoms with van der Waals surface area (Å²) in [6.07, 6.45) is 0. The van der Waals surface area contributed by atoms with Crippen molar-refractivity contribution in [3.05, 3.63) is 33.8 Å². The summed E-state index contributed by atoms with van der Waals surface area (Å²) in [6.45, 7) is 5.02. The monoisotopic (exact) mass is 281 g/mol. The van der Waals surface area contributed by atoms with Gasteiger partial charge in [0.15, 0.2) is 0 Å². The second kappa shape index (κ2) is 5.09. The summed E-state index contributed by atoms with van der Waals surface area (Å²) in [5.74, 6) is -3.02. The van der Waals surface area contributed by atoms with Crippen LogP contribution in [0.5, 0.6) is 0 Å². The van der Waals surface area contributed by atoms with Crippen molar-refractivity contribution in [3.8, 4) is 0 Å². The number of nitrogens with one attached hydrogen (secondary N) is 1. The summed E-state index contributed by atoms with van der Waals surface area (Å²) in [5, 5.41) is 3.09. The van der Waals surface area contributed by atoms with E-state index in [1.165, 1.54) is 18.2 Å². The van der Waals surface area contributed by atoms with E-state index in [2.05, 4.69) is 5.32 Å². The number of alkyl halides is 2. The van der Waals surface area contributed by atoms with Gasteiger partial charge >= 0.3 is 0 Å². The Hall–Kier alpha value is -0.380. The van der Waals surface area contributed by atoms with Crippen molar-refractivity contribution in [1.82, 2.24) is 5.32 Å². The van der Waals surface area contributed by atoms with Crippen molar-refractivity contribution in [3.63, 3.8) is 0 Å². The van der Waals surface area contributed by atoms with E-state index in [1.807, 2.05) is 20.8 Å². The molecule has 0 aliphatic rings. The molecule has 1 N–H and O–H groups in total. The van der Waals surface area contributed by atoms with Crippen molar-refractivity contribution in [2.45, 2.75) is 32.2 Å². The van der Waals surface area contributed by atoms with E-state index in [0.29, 0.717) is 5.02 Å². The highest BCUT2D eigenvalue weighted by atomic mass is 35.5. The van der Waals surface area contributed by atoms with E-state index >= 15 is 0 Å². The summed E-state index contributed by atoms with van der Waals surface area (Å²) in [7, 11) is 0. The van der Waals surface area contributed by atoms with Gasteiger partial charge in [0.1, 0.15) is 0 Å². The fraction of sp³-hybridized carbons (Fsp3) is 0.500. The smallest absolute Gasteiger partial charge is 0.286 e. The van der Waals surface area contributed by atoms with Crippen molar-refractivity contribution in [2.75, 3.05) is 6.54 Å². The Morgan fingerprint density at radius 2 is 1.76 bits per heavy atom. The highest BCUT2D eigenvalue weighted by molar-refractivity contribution is 6.35. The third-order valence-electron chi connectivity index (χ3n) is 2.17. The number of benzene rings is 1. The fourth-order valence-corrected chi connectivity index (χ4v) is 1.80. The van der Waals surface area contributed by atoms with Crippen LogP contribution in [0.25, 0.3) is 0 Å². The predicted octanol–water partition coefficient (Wildman–Crippen LogP) is 4.47. The highest BCUT2D eigenvalue weighted by Gasteiger charge is 2.34. The molecular weight excluding hydrogens is 267 g/mol. The van der Waals surface area contributed by atoms with Crippen molar-refractivity contribution < 1.29 is 8.78 Å². The number of hydrogen-bond acceptors (Lipinski definition) is 1. The maximum atomic E-state index is 13.9. The normalized spacial score (nSPS) is 12.9. The molecule has 0 aliphatic carbocycles. The molecule has 0 aromatic heterocycles. The molecule has 0 unspecified atom stereocenters. The zero-order valence-corrected chi connectivity index (χ0v) is 11.5. The molecule has 0 saturated heterocycles. The van der Waals surface area contributed by atoms with Crippen LogP contribution in [0.1, 0.15) is 26.3 Å². The van der Waals surface area contributed by atoms with Crippen LogP contribution in [0.15, 0.2) is 18.2 Å². The minimum atomic E-state index is -3.02. The molecule has 0 spiro atoms. The van der Waals surface area contributed by atoms with Gasteiger partial charge in [-0.2, -0.15) is 8.78 Å². The van der Waals surface area contributed by atoms with E-state index in [-0.39, 0.29) is 16.1 Å². The van der Waals surface area contributed by atoms with Crippen LogP contribution in [0, 0.1) is 0 Å². The Kier molecular flexibility index (Phi) is 4.39. The first-order chi connectivity index (χ1) is 7.62.